The Morgan fingerprint density at radius 1 is 1.50 bits per heavy atom. The van der Waals surface area contributed by atoms with Crippen molar-refractivity contribution in [1.29, 1.82) is 0 Å². The summed E-state index contributed by atoms with van der Waals surface area (Å²) in [7, 11) is 0. The molecule has 1 rings (SSSR count). The smallest absolute Gasteiger partial charge is 0.00884 e. The fourth-order valence-electron chi connectivity index (χ4n) is 2.23. The minimum absolute atomic E-state index is 0.682. The lowest BCUT2D eigenvalue weighted by molar-refractivity contribution is 0.0920. The van der Waals surface area contributed by atoms with Gasteiger partial charge < -0.3 is 0 Å². The van der Waals surface area contributed by atoms with Gasteiger partial charge in [-0.25, -0.2) is 0 Å². The van der Waals surface area contributed by atoms with Gasteiger partial charge >= 0.3 is 0 Å². The number of thioether (sulfide) groups is 1. The van der Waals surface area contributed by atoms with Crippen molar-refractivity contribution in [3.8, 4) is 0 Å². The largest absolute Gasteiger partial charge is 0.162 e. The third-order valence-electron chi connectivity index (χ3n) is 2.83. The van der Waals surface area contributed by atoms with Crippen molar-refractivity contribution in [3.05, 3.63) is 0 Å². The maximum absolute atomic E-state index is 3.65. The molecule has 0 amide bonds. The molecule has 1 fully saturated rings. The second kappa shape index (κ2) is 4.90. The molecule has 0 aromatic heterocycles. The van der Waals surface area contributed by atoms with Gasteiger partial charge in [-0.2, -0.15) is 11.8 Å². The van der Waals surface area contributed by atoms with Crippen molar-refractivity contribution in [2.45, 2.75) is 33.1 Å². The standard InChI is InChI=1S/C10H19BrS/c1-3-12-5-4-10(8-11)6-9(2)7-10/h9H,3-8H2,1-2H3. The summed E-state index contributed by atoms with van der Waals surface area (Å²) in [6, 6.07) is 0. The van der Waals surface area contributed by atoms with E-state index in [0.717, 1.165) is 5.92 Å². The number of halogens is 1. The Hall–Kier alpha value is 0.830. The molecule has 1 saturated carbocycles. The molecule has 0 bridgehead atoms. The highest BCUT2D eigenvalue weighted by atomic mass is 79.9. The Balaban J connectivity index is 2.18. The molecule has 12 heavy (non-hydrogen) atoms. The second-order valence-electron chi connectivity index (χ2n) is 4.09. The van der Waals surface area contributed by atoms with Gasteiger partial charge in [0, 0.05) is 5.33 Å². The van der Waals surface area contributed by atoms with Gasteiger partial charge in [-0.05, 0) is 42.1 Å². The SMILES string of the molecule is CCSCCC1(CBr)CC(C)C1. The third kappa shape index (κ3) is 2.66. The minimum atomic E-state index is 0.682. The number of rotatable bonds is 5. The number of hydrogen-bond acceptors (Lipinski definition) is 1. The molecule has 0 aromatic carbocycles. The maximum atomic E-state index is 3.65. The molecule has 2 heteroatoms. The van der Waals surface area contributed by atoms with Crippen molar-refractivity contribution < 1.29 is 0 Å². The van der Waals surface area contributed by atoms with Gasteiger partial charge in [-0.3, -0.25) is 0 Å². The lowest BCUT2D eigenvalue weighted by Crippen LogP contribution is -2.37. The molecule has 0 nitrogen and oxygen atoms in total. The molecule has 1 aliphatic rings. The maximum Gasteiger partial charge on any atom is 0.00884 e. The predicted molar refractivity (Wildman–Crippen MR) is 62.2 cm³/mol. The zero-order valence-corrected chi connectivity index (χ0v) is 10.5. The molecule has 0 radical (unpaired) electrons. The van der Waals surface area contributed by atoms with Crippen molar-refractivity contribution in [2.75, 3.05) is 16.8 Å². The van der Waals surface area contributed by atoms with Crippen LogP contribution in [0, 0.1) is 11.3 Å². The first-order chi connectivity index (χ1) is 5.72. The average Bonchev–Trinajstić information content (AvgIpc) is 2.01. The van der Waals surface area contributed by atoms with Gasteiger partial charge in [-0.15, -0.1) is 0 Å². The second-order valence-corrected chi connectivity index (χ2v) is 6.05. The Labute approximate surface area is 89.0 Å². The van der Waals surface area contributed by atoms with Gasteiger partial charge in [0.05, 0.1) is 0 Å². The summed E-state index contributed by atoms with van der Waals surface area (Å²) in [5, 5.41) is 1.22. The van der Waals surface area contributed by atoms with E-state index in [-0.39, 0.29) is 0 Å². The van der Waals surface area contributed by atoms with E-state index < -0.39 is 0 Å². The van der Waals surface area contributed by atoms with E-state index in [9.17, 15) is 0 Å². The van der Waals surface area contributed by atoms with Crippen LogP contribution in [-0.2, 0) is 0 Å². The van der Waals surface area contributed by atoms with E-state index in [2.05, 4.69) is 41.5 Å². The average molecular weight is 251 g/mol. The van der Waals surface area contributed by atoms with Gasteiger partial charge in [0.15, 0.2) is 0 Å². The molecule has 0 unspecified atom stereocenters. The lowest BCUT2D eigenvalue weighted by Gasteiger charge is -2.45. The van der Waals surface area contributed by atoms with Crippen LogP contribution in [0.2, 0.25) is 0 Å². The van der Waals surface area contributed by atoms with E-state index >= 15 is 0 Å². The highest BCUT2D eigenvalue weighted by molar-refractivity contribution is 9.09. The topological polar surface area (TPSA) is 0 Å². The van der Waals surface area contributed by atoms with Crippen molar-refractivity contribution in [2.24, 2.45) is 11.3 Å². The normalized spacial score (nSPS) is 34.8. The molecule has 1 aliphatic carbocycles. The highest BCUT2D eigenvalue weighted by Crippen LogP contribution is 2.49. The molecular weight excluding hydrogens is 232 g/mol. The van der Waals surface area contributed by atoms with Crippen LogP contribution in [0.3, 0.4) is 0 Å². The van der Waals surface area contributed by atoms with Gasteiger partial charge in [-0.1, -0.05) is 29.8 Å². The summed E-state index contributed by atoms with van der Waals surface area (Å²) in [6.45, 7) is 4.61. The molecule has 72 valence electrons. The van der Waals surface area contributed by atoms with Crippen LogP contribution in [0.5, 0.6) is 0 Å². The summed E-state index contributed by atoms with van der Waals surface area (Å²) in [4.78, 5) is 0. The van der Waals surface area contributed by atoms with Gasteiger partial charge in [0.1, 0.15) is 0 Å². The zero-order valence-electron chi connectivity index (χ0n) is 8.11. The Kier molecular flexibility index (Phi) is 4.45. The van der Waals surface area contributed by atoms with Crippen LogP contribution < -0.4 is 0 Å². The van der Waals surface area contributed by atoms with Crippen LogP contribution in [0.15, 0.2) is 0 Å². The first kappa shape index (κ1) is 10.9. The van der Waals surface area contributed by atoms with Crippen LogP contribution in [-0.4, -0.2) is 16.8 Å². The van der Waals surface area contributed by atoms with Crippen molar-refractivity contribution in [3.63, 3.8) is 0 Å². The van der Waals surface area contributed by atoms with Crippen LogP contribution in [0.25, 0.3) is 0 Å². The summed E-state index contributed by atoms with van der Waals surface area (Å²) < 4.78 is 0. The van der Waals surface area contributed by atoms with Crippen molar-refractivity contribution >= 4 is 27.7 Å². The monoisotopic (exact) mass is 250 g/mol. The van der Waals surface area contributed by atoms with Crippen molar-refractivity contribution in [1.82, 2.24) is 0 Å². The van der Waals surface area contributed by atoms with Gasteiger partial charge in [0.25, 0.3) is 0 Å². The van der Waals surface area contributed by atoms with E-state index in [1.807, 2.05) is 0 Å². The lowest BCUT2D eigenvalue weighted by atomic mass is 9.62. The highest BCUT2D eigenvalue weighted by Gasteiger charge is 2.40. The molecule has 0 aromatic rings. The Bertz CT molecular complexity index is 130. The number of alkyl halides is 1. The third-order valence-corrected chi connectivity index (χ3v) is 4.92. The van der Waals surface area contributed by atoms with E-state index in [4.69, 9.17) is 0 Å². The first-order valence-corrected chi connectivity index (χ1v) is 7.14. The van der Waals surface area contributed by atoms with E-state index in [1.165, 1.54) is 36.1 Å². The molecule has 0 N–H and O–H groups in total. The number of hydrogen-bond donors (Lipinski definition) is 0. The fourth-order valence-corrected chi connectivity index (χ4v) is 3.84. The van der Waals surface area contributed by atoms with Crippen LogP contribution >= 0.6 is 27.7 Å². The summed E-state index contributed by atoms with van der Waals surface area (Å²) in [5.41, 5.74) is 0.682. The van der Waals surface area contributed by atoms with E-state index in [1.54, 1.807) is 0 Å². The molecule has 0 heterocycles. The predicted octanol–water partition coefficient (Wildman–Crippen LogP) is 3.94. The Morgan fingerprint density at radius 3 is 2.58 bits per heavy atom. The Morgan fingerprint density at radius 2 is 2.17 bits per heavy atom. The minimum Gasteiger partial charge on any atom is -0.162 e. The summed E-state index contributed by atoms with van der Waals surface area (Å²) >= 11 is 5.73. The molecule has 0 atom stereocenters. The molecule has 0 aliphatic heterocycles. The van der Waals surface area contributed by atoms with Gasteiger partial charge in [0.2, 0.25) is 0 Å². The summed E-state index contributed by atoms with van der Waals surface area (Å²) in [6.07, 6.45) is 4.31. The first-order valence-electron chi connectivity index (χ1n) is 4.86. The quantitative estimate of drug-likeness (QED) is 0.526. The fraction of sp³-hybridized carbons (Fsp3) is 1.00. The molecule has 0 saturated heterocycles. The zero-order chi connectivity index (χ0) is 9.03. The van der Waals surface area contributed by atoms with Crippen LogP contribution in [0.1, 0.15) is 33.1 Å². The summed E-state index contributed by atoms with van der Waals surface area (Å²) in [5.74, 6) is 3.61. The van der Waals surface area contributed by atoms with Crippen LogP contribution in [0.4, 0.5) is 0 Å². The molecule has 0 spiro atoms. The molecular formula is C10H19BrS. The van der Waals surface area contributed by atoms with E-state index in [0.29, 0.717) is 5.41 Å².